The maximum atomic E-state index is 11.8. The van der Waals surface area contributed by atoms with Gasteiger partial charge in [-0.25, -0.2) is 4.98 Å². The quantitative estimate of drug-likeness (QED) is 0.922. The molecular weight excluding hydrogens is 284 g/mol. The van der Waals surface area contributed by atoms with Gasteiger partial charge in [-0.05, 0) is 27.9 Å². The Bertz CT molecular complexity index is 600. The maximum absolute atomic E-state index is 11.8. The molecular formula is C11H13BrN4O. The molecule has 2 rings (SSSR count). The number of rotatable bonds is 2. The second kappa shape index (κ2) is 4.44. The zero-order valence-corrected chi connectivity index (χ0v) is 11.4. The van der Waals surface area contributed by atoms with Gasteiger partial charge in [0.25, 0.3) is 5.56 Å². The van der Waals surface area contributed by atoms with Crippen molar-refractivity contribution in [2.45, 2.75) is 19.8 Å². The van der Waals surface area contributed by atoms with Crippen LogP contribution in [0.15, 0.2) is 21.5 Å². The van der Waals surface area contributed by atoms with E-state index in [1.54, 1.807) is 4.68 Å². The number of hydrogen-bond donors (Lipinski definition) is 1. The summed E-state index contributed by atoms with van der Waals surface area (Å²) in [6.07, 6.45) is 1.81. The van der Waals surface area contributed by atoms with Crippen LogP contribution in [0.25, 0.3) is 11.5 Å². The Labute approximate surface area is 107 Å². The summed E-state index contributed by atoms with van der Waals surface area (Å²) in [4.78, 5) is 18.9. The molecule has 0 saturated heterocycles. The molecule has 2 heterocycles. The van der Waals surface area contributed by atoms with E-state index in [-0.39, 0.29) is 11.5 Å². The maximum Gasteiger partial charge on any atom is 0.265 e. The molecule has 0 amide bonds. The zero-order valence-electron chi connectivity index (χ0n) is 9.86. The first-order valence-corrected chi connectivity index (χ1v) is 6.08. The van der Waals surface area contributed by atoms with Crippen LogP contribution in [-0.2, 0) is 7.05 Å². The van der Waals surface area contributed by atoms with Gasteiger partial charge in [0, 0.05) is 13.2 Å². The molecule has 0 atom stereocenters. The molecule has 6 heteroatoms. The van der Waals surface area contributed by atoms with E-state index in [1.807, 2.05) is 33.2 Å². The highest BCUT2D eigenvalue weighted by Gasteiger charge is 2.14. The van der Waals surface area contributed by atoms with Crippen LogP contribution in [-0.4, -0.2) is 19.7 Å². The van der Waals surface area contributed by atoms with E-state index in [0.29, 0.717) is 16.0 Å². The van der Waals surface area contributed by atoms with Crippen LogP contribution in [0.3, 0.4) is 0 Å². The normalized spacial score (nSPS) is 11.1. The molecule has 5 nitrogen and oxygen atoms in total. The Balaban J connectivity index is 2.61. The summed E-state index contributed by atoms with van der Waals surface area (Å²) in [5.74, 6) is 0.677. The van der Waals surface area contributed by atoms with Crippen LogP contribution in [0.2, 0.25) is 0 Å². The van der Waals surface area contributed by atoms with E-state index in [0.717, 1.165) is 5.69 Å². The lowest BCUT2D eigenvalue weighted by atomic mass is 10.1. The first-order valence-electron chi connectivity index (χ1n) is 5.28. The van der Waals surface area contributed by atoms with Gasteiger partial charge in [-0.3, -0.25) is 9.48 Å². The van der Waals surface area contributed by atoms with Crippen molar-refractivity contribution in [1.82, 2.24) is 19.7 Å². The van der Waals surface area contributed by atoms with E-state index >= 15 is 0 Å². The van der Waals surface area contributed by atoms with Gasteiger partial charge >= 0.3 is 0 Å². The van der Waals surface area contributed by atoms with Gasteiger partial charge in [0.15, 0.2) is 5.82 Å². The molecule has 0 spiro atoms. The van der Waals surface area contributed by atoms with E-state index < -0.39 is 0 Å². The summed E-state index contributed by atoms with van der Waals surface area (Å²) in [5.41, 5.74) is 1.23. The molecule has 0 fully saturated rings. The summed E-state index contributed by atoms with van der Waals surface area (Å²) in [5, 5.41) is 4.22. The SMILES string of the molecule is CC(C)c1nc(-c2ccn(C)n2)[nH]c(=O)c1Br. The first kappa shape index (κ1) is 12.0. The third-order valence-electron chi connectivity index (χ3n) is 2.39. The Hall–Kier alpha value is -1.43. The summed E-state index contributed by atoms with van der Waals surface area (Å²) >= 11 is 3.26. The fraction of sp³-hybridized carbons (Fsp3) is 0.364. The van der Waals surface area contributed by atoms with E-state index in [2.05, 4.69) is 31.0 Å². The van der Waals surface area contributed by atoms with Crippen molar-refractivity contribution < 1.29 is 0 Å². The molecule has 0 aliphatic carbocycles. The number of aryl methyl sites for hydroxylation is 1. The second-order valence-corrected chi connectivity index (χ2v) is 4.94. The van der Waals surface area contributed by atoms with Crippen LogP contribution in [0.1, 0.15) is 25.5 Å². The molecule has 1 N–H and O–H groups in total. The summed E-state index contributed by atoms with van der Waals surface area (Å²) in [7, 11) is 1.82. The summed E-state index contributed by atoms with van der Waals surface area (Å²) in [6, 6.07) is 1.82. The van der Waals surface area contributed by atoms with E-state index in [1.165, 1.54) is 0 Å². The monoisotopic (exact) mass is 296 g/mol. The lowest BCUT2D eigenvalue weighted by molar-refractivity contribution is 0.763. The molecule has 0 aliphatic rings. The predicted octanol–water partition coefficient (Wildman–Crippen LogP) is 2.06. The standard InChI is InChI=1S/C11H13BrN4O/c1-6(2)9-8(12)11(17)14-10(13-9)7-4-5-16(3)15-7/h4-6H,1-3H3,(H,13,14,17). The average molecular weight is 297 g/mol. The van der Waals surface area contributed by atoms with Crippen LogP contribution < -0.4 is 5.56 Å². The molecule has 0 unspecified atom stereocenters. The van der Waals surface area contributed by atoms with Crippen molar-refractivity contribution in [1.29, 1.82) is 0 Å². The highest BCUT2D eigenvalue weighted by molar-refractivity contribution is 9.10. The van der Waals surface area contributed by atoms with Crippen LogP contribution in [0.4, 0.5) is 0 Å². The Morgan fingerprint density at radius 3 is 2.71 bits per heavy atom. The van der Waals surface area contributed by atoms with E-state index in [9.17, 15) is 4.79 Å². The van der Waals surface area contributed by atoms with Crippen LogP contribution in [0, 0.1) is 0 Å². The molecule has 0 aromatic carbocycles. The minimum atomic E-state index is -0.177. The van der Waals surface area contributed by atoms with Crippen LogP contribution in [0.5, 0.6) is 0 Å². The number of halogens is 1. The largest absolute Gasteiger partial charge is 0.304 e. The Morgan fingerprint density at radius 1 is 1.47 bits per heavy atom. The highest BCUT2D eigenvalue weighted by atomic mass is 79.9. The molecule has 0 aliphatic heterocycles. The molecule has 2 aromatic heterocycles. The van der Waals surface area contributed by atoms with Crippen molar-refractivity contribution in [3.63, 3.8) is 0 Å². The van der Waals surface area contributed by atoms with Gasteiger partial charge in [-0.2, -0.15) is 5.10 Å². The van der Waals surface area contributed by atoms with Gasteiger partial charge in [0.1, 0.15) is 10.2 Å². The topological polar surface area (TPSA) is 63.6 Å². The number of nitrogens with one attached hydrogen (secondary N) is 1. The van der Waals surface area contributed by atoms with E-state index in [4.69, 9.17) is 0 Å². The van der Waals surface area contributed by atoms with Gasteiger partial charge in [0.05, 0.1) is 5.69 Å². The Kier molecular flexibility index (Phi) is 3.15. The molecule has 2 aromatic rings. The minimum absolute atomic E-state index is 0.175. The number of H-pyrrole nitrogens is 1. The second-order valence-electron chi connectivity index (χ2n) is 4.14. The smallest absolute Gasteiger partial charge is 0.265 e. The molecule has 0 saturated carbocycles. The van der Waals surface area contributed by atoms with Crippen LogP contribution >= 0.6 is 15.9 Å². The highest BCUT2D eigenvalue weighted by Crippen LogP contribution is 2.21. The molecule has 90 valence electrons. The van der Waals surface area contributed by atoms with Gasteiger partial charge in [-0.1, -0.05) is 13.8 Å². The fourth-order valence-corrected chi connectivity index (χ4v) is 2.17. The van der Waals surface area contributed by atoms with Crippen molar-refractivity contribution >= 4 is 15.9 Å². The van der Waals surface area contributed by atoms with Gasteiger partial charge in [-0.15, -0.1) is 0 Å². The number of aromatic nitrogens is 4. The lowest BCUT2D eigenvalue weighted by Gasteiger charge is -2.07. The fourth-order valence-electron chi connectivity index (χ4n) is 1.52. The van der Waals surface area contributed by atoms with Crippen molar-refractivity contribution in [3.05, 3.63) is 32.8 Å². The number of hydrogen-bond acceptors (Lipinski definition) is 3. The first-order chi connectivity index (χ1) is 7.99. The number of nitrogens with zero attached hydrogens (tertiary/aromatic N) is 3. The van der Waals surface area contributed by atoms with Gasteiger partial charge < -0.3 is 4.98 Å². The minimum Gasteiger partial charge on any atom is -0.304 e. The summed E-state index contributed by atoms with van der Waals surface area (Å²) < 4.78 is 2.17. The Morgan fingerprint density at radius 2 is 2.18 bits per heavy atom. The lowest BCUT2D eigenvalue weighted by Crippen LogP contribution is -2.14. The molecule has 0 bridgehead atoms. The van der Waals surface area contributed by atoms with Crippen molar-refractivity contribution in [2.75, 3.05) is 0 Å². The third-order valence-corrected chi connectivity index (χ3v) is 3.16. The summed E-state index contributed by atoms with van der Waals surface area (Å²) in [6.45, 7) is 3.99. The molecule has 0 radical (unpaired) electrons. The zero-order chi connectivity index (χ0) is 12.6. The predicted molar refractivity (Wildman–Crippen MR) is 68.8 cm³/mol. The molecule has 17 heavy (non-hydrogen) atoms. The van der Waals surface area contributed by atoms with Crippen molar-refractivity contribution in [2.24, 2.45) is 7.05 Å². The average Bonchev–Trinajstić information content (AvgIpc) is 2.68. The number of aromatic amines is 1. The van der Waals surface area contributed by atoms with Gasteiger partial charge in [0.2, 0.25) is 0 Å². The van der Waals surface area contributed by atoms with Crippen molar-refractivity contribution in [3.8, 4) is 11.5 Å². The third kappa shape index (κ3) is 2.31.